The molecular formula is C21H20BrClN4O2S. The molecule has 30 heavy (non-hydrogen) atoms. The first-order chi connectivity index (χ1) is 14.5. The predicted molar refractivity (Wildman–Crippen MR) is 124 cm³/mol. The van der Waals surface area contributed by atoms with Crippen LogP contribution in [0.4, 0.5) is 5.69 Å². The Morgan fingerprint density at radius 3 is 2.87 bits per heavy atom. The van der Waals surface area contributed by atoms with Crippen LogP contribution in [0.3, 0.4) is 0 Å². The number of allylic oxidation sites excluding steroid dienone is 1. The third-order valence-electron chi connectivity index (χ3n) is 4.09. The van der Waals surface area contributed by atoms with Crippen LogP contribution in [0, 0.1) is 6.92 Å². The van der Waals surface area contributed by atoms with Crippen molar-refractivity contribution in [1.82, 2.24) is 14.8 Å². The maximum absolute atomic E-state index is 12.3. The smallest absolute Gasteiger partial charge is 0.234 e. The van der Waals surface area contributed by atoms with Gasteiger partial charge in [0.15, 0.2) is 11.0 Å². The van der Waals surface area contributed by atoms with Crippen LogP contribution >= 0.6 is 39.3 Å². The fourth-order valence-electron chi connectivity index (χ4n) is 2.61. The van der Waals surface area contributed by atoms with E-state index in [4.69, 9.17) is 16.3 Å². The largest absolute Gasteiger partial charge is 0.485 e. The number of para-hydroxylation sites is 1. The molecule has 3 rings (SSSR count). The molecular weight excluding hydrogens is 488 g/mol. The Bertz CT molecular complexity index is 1060. The number of halogens is 2. The average Bonchev–Trinajstić information content (AvgIpc) is 3.10. The number of rotatable bonds is 9. The highest BCUT2D eigenvalue weighted by Gasteiger charge is 2.15. The zero-order valence-corrected chi connectivity index (χ0v) is 19.4. The summed E-state index contributed by atoms with van der Waals surface area (Å²) in [4.78, 5) is 12.3. The lowest BCUT2D eigenvalue weighted by molar-refractivity contribution is -0.113. The number of thioether (sulfide) groups is 1. The molecule has 6 nitrogen and oxygen atoms in total. The van der Waals surface area contributed by atoms with E-state index in [9.17, 15) is 4.79 Å². The molecule has 0 unspecified atom stereocenters. The van der Waals surface area contributed by atoms with E-state index in [-0.39, 0.29) is 18.3 Å². The third kappa shape index (κ3) is 5.87. The number of aryl methyl sites for hydroxylation is 1. The lowest BCUT2D eigenvalue weighted by atomic mass is 10.2. The average molecular weight is 508 g/mol. The zero-order chi connectivity index (χ0) is 21.5. The lowest BCUT2D eigenvalue weighted by Gasteiger charge is -2.10. The highest BCUT2D eigenvalue weighted by atomic mass is 79.9. The van der Waals surface area contributed by atoms with Crippen molar-refractivity contribution in [2.24, 2.45) is 0 Å². The number of hydrogen-bond donors (Lipinski definition) is 1. The van der Waals surface area contributed by atoms with Crippen LogP contribution in [-0.4, -0.2) is 26.4 Å². The van der Waals surface area contributed by atoms with Gasteiger partial charge in [0.25, 0.3) is 0 Å². The van der Waals surface area contributed by atoms with Gasteiger partial charge in [0, 0.05) is 16.7 Å². The number of benzene rings is 2. The second-order valence-corrected chi connectivity index (χ2v) is 8.52. The zero-order valence-electron chi connectivity index (χ0n) is 16.3. The number of carbonyl (C=O) groups excluding carboxylic acids is 1. The van der Waals surface area contributed by atoms with Gasteiger partial charge in [0.1, 0.15) is 12.4 Å². The van der Waals surface area contributed by atoms with Gasteiger partial charge in [-0.2, -0.15) is 0 Å². The summed E-state index contributed by atoms with van der Waals surface area (Å²) in [6.45, 7) is 6.58. The normalized spacial score (nSPS) is 10.6. The summed E-state index contributed by atoms with van der Waals surface area (Å²) in [6.07, 6.45) is 1.76. The van der Waals surface area contributed by atoms with Gasteiger partial charge in [0.05, 0.1) is 10.8 Å². The molecule has 0 saturated heterocycles. The Morgan fingerprint density at radius 1 is 1.33 bits per heavy atom. The molecule has 0 bridgehead atoms. The molecule has 3 aromatic rings. The summed E-state index contributed by atoms with van der Waals surface area (Å²) in [5.74, 6) is 1.49. The van der Waals surface area contributed by atoms with Crippen molar-refractivity contribution in [2.75, 3.05) is 11.1 Å². The molecule has 0 radical (unpaired) electrons. The third-order valence-corrected chi connectivity index (χ3v) is 6.29. The summed E-state index contributed by atoms with van der Waals surface area (Å²) < 4.78 is 8.55. The molecule has 9 heteroatoms. The summed E-state index contributed by atoms with van der Waals surface area (Å²) >= 11 is 10.7. The Kier molecular flexibility index (Phi) is 7.95. The van der Waals surface area contributed by atoms with Gasteiger partial charge in [-0.25, -0.2) is 0 Å². The van der Waals surface area contributed by atoms with Gasteiger partial charge in [0.2, 0.25) is 5.91 Å². The molecule has 0 spiro atoms. The van der Waals surface area contributed by atoms with Crippen LogP contribution in [0.5, 0.6) is 5.75 Å². The minimum absolute atomic E-state index is 0.163. The van der Waals surface area contributed by atoms with Crippen molar-refractivity contribution in [3.05, 3.63) is 76.0 Å². The van der Waals surface area contributed by atoms with Crippen molar-refractivity contribution in [3.8, 4) is 5.75 Å². The van der Waals surface area contributed by atoms with E-state index in [1.54, 1.807) is 24.3 Å². The van der Waals surface area contributed by atoms with E-state index in [2.05, 4.69) is 38.0 Å². The van der Waals surface area contributed by atoms with E-state index in [1.165, 1.54) is 11.8 Å². The number of hydrogen-bond acceptors (Lipinski definition) is 5. The first-order valence-corrected chi connectivity index (χ1v) is 11.2. The van der Waals surface area contributed by atoms with Gasteiger partial charge in [-0.3, -0.25) is 9.36 Å². The highest BCUT2D eigenvalue weighted by Crippen LogP contribution is 2.26. The maximum Gasteiger partial charge on any atom is 0.234 e. The van der Waals surface area contributed by atoms with E-state index in [1.807, 2.05) is 35.8 Å². The summed E-state index contributed by atoms with van der Waals surface area (Å²) in [6, 6.07) is 13.0. The number of aromatic nitrogens is 3. The Labute approximate surface area is 192 Å². The number of carbonyl (C=O) groups is 1. The van der Waals surface area contributed by atoms with Gasteiger partial charge >= 0.3 is 0 Å². The fraction of sp³-hybridized carbons (Fsp3) is 0.190. The first-order valence-electron chi connectivity index (χ1n) is 9.07. The van der Waals surface area contributed by atoms with Gasteiger partial charge < -0.3 is 10.1 Å². The minimum Gasteiger partial charge on any atom is -0.485 e. The summed E-state index contributed by atoms with van der Waals surface area (Å²) in [5.41, 5.74) is 1.68. The van der Waals surface area contributed by atoms with Crippen molar-refractivity contribution in [2.45, 2.75) is 25.2 Å². The second-order valence-electron chi connectivity index (χ2n) is 6.32. The molecule has 0 aliphatic heterocycles. The van der Waals surface area contributed by atoms with Gasteiger partial charge in [-0.1, -0.05) is 47.6 Å². The Morgan fingerprint density at radius 2 is 2.13 bits per heavy atom. The van der Waals surface area contributed by atoms with E-state index >= 15 is 0 Å². The first kappa shape index (κ1) is 22.4. The molecule has 1 N–H and O–H groups in total. The molecule has 1 aromatic heterocycles. The molecule has 0 aliphatic rings. The van der Waals surface area contributed by atoms with E-state index in [0.29, 0.717) is 28.2 Å². The summed E-state index contributed by atoms with van der Waals surface area (Å²) in [7, 11) is 0. The van der Waals surface area contributed by atoms with Crippen LogP contribution in [0.25, 0.3) is 0 Å². The SMILES string of the molecule is C=CCn1c(COc2ccccc2C)nnc1SCC(=O)Nc1ccc(Br)c(Cl)c1. The molecule has 1 amide bonds. The molecule has 2 aromatic carbocycles. The Hall–Kier alpha value is -2.29. The second kappa shape index (κ2) is 10.7. The minimum atomic E-state index is -0.163. The van der Waals surface area contributed by atoms with Crippen molar-refractivity contribution >= 4 is 50.9 Å². The molecule has 156 valence electrons. The fourth-order valence-corrected chi connectivity index (χ4v) is 3.80. The molecule has 0 saturated carbocycles. The quantitative estimate of drug-likeness (QED) is 0.306. The topological polar surface area (TPSA) is 69.0 Å². The molecule has 0 aliphatic carbocycles. The lowest BCUT2D eigenvalue weighted by Crippen LogP contribution is -2.15. The van der Waals surface area contributed by atoms with Crippen molar-refractivity contribution in [1.29, 1.82) is 0 Å². The number of nitrogens with zero attached hydrogens (tertiary/aromatic N) is 3. The molecule has 1 heterocycles. The summed E-state index contributed by atoms with van der Waals surface area (Å²) in [5, 5.41) is 12.4. The molecule has 0 fully saturated rings. The van der Waals surface area contributed by atoms with Crippen LogP contribution in [0.1, 0.15) is 11.4 Å². The van der Waals surface area contributed by atoms with Crippen molar-refractivity contribution in [3.63, 3.8) is 0 Å². The maximum atomic E-state index is 12.3. The van der Waals surface area contributed by atoms with Crippen molar-refractivity contribution < 1.29 is 9.53 Å². The van der Waals surface area contributed by atoms with Gasteiger partial charge in [-0.05, 0) is 52.7 Å². The predicted octanol–water partition coefficient (Wildman–Crippen LogP) is 5.50. The number of ether oxygens (including phenoxy) is 1. The van der Waals surface area contributed by atoms with Crippen LogP contribution in [0.15, 0.2) is 64.7 Å². The monoisotopic (exact) mass is 506 g/mol. The van der Waals surface area contributed by atoms with Crippen LogP contribution in [-0.2, 0) is 17.9 Å². The Balaban J connectivity index is 1.62. The van der Waals surface area contributed by atoms with E-state index in [0.717, 1.165) is 15.8 Å². The standard InChI is InChI=1S/C21H20BrClN4O2S/c1-3-10-27-19(12-29-18-7-5-4-6-14(18)2)25-26-21(27)30-13-20(28)24-15-8-9-16(22)17(23)11-15/h3-9,11H,1,10,12-13H2,2H3,(H,24,28). The number of anilines is 1. The number of nitrogens with one attached hydrogen (secondary N) is 1. The number of amides is 1. The highest BCUT2D eigenvalue weighted by molar-refractivity contribution is 9.10. The van der Waals surface area contributed by atoms with Crippen LogP contribution in [0.2, 0.25) is 5.02 Å². The van der Waals surface area contributed by atoms with Crippen LogP contribution < -0.4 is 10.1 Å². The molecule has 0 atom stereocenters. The van der Waals surface area contributed by atoms with E-state index < -0.39 is 0 Å². The van der Waals surface area contributed by atoms with Gasteiger partial charge in [-0.15, -0.1) is 16.8 Å².